The quantitative estimate of drug-likeness (QED) is 0.725. The highest BCUT2D eigenvalue weighted by Crippen LogP contribution is 2.20. The van der Waals surface area contributed by atoms with E-state index in [1.165, 1.54) is 11.5 Å². The molecule has 0 saturated carbocycles. The van der Waals surface area contributed by atoms with E-state index in [1.807, 2.05) is 6.92 Å². The molecule has 16 heavy (non-hydrogen) atoms. The lowest BCUT2D eigenvalue weighted by molar-refractivity contribution is 0.174. The Morgan fingerprint density at radius 2 is 2.38 bits per heavy atom. The molecule has 6 heteroatoms. The Morgan fingerprint density at radius 1 is 1.56 bits per heavy atom. The molecule has 0 bridgehead atoms. The number of aryl methyl sites for hydroxylation is 1. The number of nitrogens with one attached hydrogen (secondary N) is 1. The van der Waals surface area contributed by atoms with Crippen LogP contribution in [-0.4, -0.2) is 41.4 Å². The third-order valence-corrected chi connectivity index (χ3v) is 4.06. The van der Waals surface area contributed by atoms with E-state index in [0.717, 1.165) is 35.5 Å². The Kier molecular flexibility index (Phi) is 6.95. The van der Waals surface area contributed by atoms with Gasteiger partial charge in [0.15, 0.2) is 4.34 Å². The zero-order chi connectivity index (χ0) is 11.8. The van der Waals surface area contributed by atoms with Crippen LogP contribution in [0, 0.1) is 6.92 Å². The summed E-state index contributed by atoms with van der Waals surface area (Å²) in [4.78, 5) is 4.32. The van der Waals surface area contributed by atoms with Crippen LogP contribution in [0.1, 0.15) is 19.2 Å². The second kappa shape index (κ2) is 8.00. The van der Waals surface area contributed by atoms with Crippen LogP contribution in [0.25, 0.3) is 0 Å². The Labute approximate surface area is 105 Å². The molecule has 1 aromatic rings. The van der Waals surface area contributed by atoms with E-state index in [0.29, 0.717) is 6.04 Å². The van der Waals surface area contributed by atoms with Crippen LogP contribution >= 0.6 is 23.3 Å². The molecule has 0 aromatic carbocycles. The average molecular weight is 261 g/mol. The lowest BCUT2D eigenvalue weighted by Crippen LogP contribution is -2.35. The summed E-state index contributed by atoms with van der Waals surface area (Å²) in [5.41, 5.74) is 0. The number of hydrogen-bond donors (Lipinski definition) is 1. The summed E-state index contributed by atoms with van der Waals surface area (Å²) < 4.78 is 10.4. The van der Waals surface area contributed by atoms with E-state index in [4.69, 9.17) is 4.74 Å². The van der Waals surface area contributed by atoms with Crippen LogP contribution in [0.3, 0.4) is 0 Å². The molecule has 1 unspecified atom stereocenters. The van der Waals surface area contributed by atoms with Gasteiger partial charge in [0, 0.05) is 18.9 Å². The van der Waals surface area contributed by atoms with Crippen LogP contribution < -0.4 is 5.32 Å². The van der Waals surface area contributed by atoms with Gasteiger partial charge in [-0.3, -0.25) is 0 Å². The van der Waals surface area contributed by atoms with Crippen molar-refractivity contribution in [2.75, 3.05) is 26.0 Å². The Hall–Kier alpha value is -0.170. The second-order valence-electron chi connectivity index (χ2n) is 3.52. The van der Waals surface area contributed by atoms with Gasteiger partial charge < -0.3 is 10.1 Å². The van der Waals surface area contributed by atoms with Gasteiger partial charge in [0.2, 0.25) is 0 Å². The number of thioether (sulfide) groups is 1. The molecule has 0 spiro atoms. The van der Waals surface area contributed by atoms with Crippen LogP contribution in [0.2, 0.25) is 0 Å². The van der Waals surface area contributed by atoms with Crippen molar-refractivity contribution < 1.29 is 4.74 Å². The van der Waals surface area contributed by atoms with E-state index in [2.05, 4.69) is 21.6 Å². The minimum absolute atomic E-state index is 0.388. The van der Waals surface area contributed by atoms with Crippen molar-refractivity contribution in [3.05, 3.63) is 5.82 Å². The van der Waals surface area contributed by atoms with Crippen molar-refractivity contribution in [3.8, 4) is 0 Å². The van der Waals surface area contributed by atoms with E-state index in [-0.39, 0.29) is 0 Å². The fourth-order valence-corrected chi connectivity index (χ4v) is 2.93. The molecule has 0 radical (unpaired) electrons. The first-order chi connectivity index (χ1) is 7.76. The molecule has 1 rings (SSSR count). The third-order valence-electron chi connectivity index (χ3n) is 1.97. The lowest BCUT2D eigenvalue weighted by atomic mass is 10.3. The summed E-state index contributed by atoms with van der Waals surface area (Å²) in [7, 11) is 1.74. The highest BCUT2D eigenvalue weighted by Gasteiger charge is 2.09. The molecule has 1 atom stereocenters. The molecule has 0 aliphatic rings. The van der Waals surface area contributed by atoms with Gasteiger partial charge in [-0.2, -0.15) is 4.37 Å². The summed E-state index contributed by atoms with van der Waals surface area (Å²) in [5.74, 6) is 1.83. The highest BCUT2D eigenvalue weighted by atomic mass is 32.2. The van der Waals surface area contributed by atoms with Crippen LogP contribution in [0.5, 0.6) is 0 Å². The molecular formula is C10H19N3OS2. The average Bonchev–Trinajstić information content (AvgIpc) is 2.68. The summed E-state index contributed by atoms with van der Waals surface area (Å²) >= 11 is 3.21. The van der Waals surface area contributed by atoms with Crippen molar-refractivity contribution in [3.63, 3.8) is 0 Å². The third kappa shape index (κ3) is 5.25. The number of hydrogen-bond acceptors (Lipinski definition) is 6. The van der Waals surface area contributed by atoms with Crippen molar-refractivity contribution >= 4 is 23.3 Å². The monoisotopic (exact) mass is 261 g/mol. The Balaban J connectivity index is 2.30. The standard InChI is InChI=1S/C10H19N3OS2/c1-4-5-11-9(6-14-3)7-15-10-12-8(2)13-16-10/h9,11H,4-7H2,1-3H3. The molecule has 1 N–H and O–H groups in total. The van der Waals surface area contributed by atoms with Crippen molar-refractivity contribution in [2.45, 2.75) is 30.6 Å². The van der Waals surface area contributed by atoms with Gasteiger partial charge in [-0.15, -0.1) is 0 Å². The maximum absolute atomic E-state index is 5.19. The lowest BCUT2D eigenvalue weighted by Gasteiger charge is -2.16. The van der Waals surface area contributed by atoms with Gasteiger partial charge in [-0.25, -0.2) is 4.98 Å². The molecular weight excluding hydrogens is 242 g/mol. The molecule has 0 aliphatic heterocycles. The molecule has 0 aliphatic carbocycles. The van der Waals surface area contributed by atoms with Gasteiger partial charge in [0.05, 0.1) is 6.61 Å². The summed E-state index contributed by atoms with van der Waals surface area (Å²) in [6.45, 7) is 5.86. The van der Waals surface area contributed by atoms with Gasteiger partial charge in [0.1, 0.15) is 5.82 Å². The highest BCUT2D eigenvalue weighted by molar-refractivity contribution is 8.00. The Bertz CT molecular complexity index is 293. The van der Waals surface area contributed by atoms with Crippen molar-refractivity contribution in [2.24, 2.45) is 0 Å². The predicted molar refractivity (Wildman–Crippen MR) is 69.3 cm³/mol. The molecule has 0 fully saturated rings. The number of nitrogens with zero attached hydrogens (tertiary/aromatic N) is 2. The van der Waals surface area contributed by atoms with Gasteiger partial charge >= 0.3 is 0 Å². The molecule has 0 saturated heterocycles. The zero-order valence-electron chi connectivity index (χ0n) is 10.0. The Morgan fingerprint density at radius 3 is 2.94 bits per heavy atom. The topological polar surface area (TPSA) is 47.0 Å². The SMILES string of the molecule is CCCNC(COC)CSc1nc(C)ns1. The first-order valence-corrected chi connectivity index (χ1v) is 7.17. The smallest absolute Gasteiger partial charge is 0.170 e. The number of ether oxygens (including phenoxy) is 1. The van der Waals surface area contributed by atoms with Gasteiger partial charge in [-0.1, -0.05) is 18.7 Å². The second-order valence-corrected chi connectivity index (χ2v) is 5.54. The van der Waals surface area contributed by atoms with Crippen molar-refractivity contribution in [1.29, 1.82) is 0 Å². The summed E-state index contributed by atoms with van der Waals surface area (Å²) in [6.07, 6.45) is 1.14. The summed E-state index contributed by atoms with van der Waals surface area (Å²) in [5, 5.41) is 3.46. The van der Waals surface area contributed by atoms with Crippen LogP contribution in [0.4, 0.5) is 0 Å². The van der Waals surface area contributed by atoms with Crippen LogP contribution in [0.15, 0.2) is 4.34 Å². The van der Waals surface area contributed by atoms with E-state index in [9.17, 15) is 0 Å². The fraction of sp³-hybridized carbons (Fsp3) is 0.800. The van der Waals surface area contributed by atoms with Gasteiger partial charge in [-0.05, 0) is 31.4 Å². The molecule has 0 amide bonds. The van der Waals surface area contributed by atoms with Crippen molar-refractivity contribution in [1.82, 2.24) is 14.7 Å². The van der Waals surface area contributed by atoms with Gasteiger partial charge in [0.25, 0.3) is 0 Å². The minimum atomic E-state index is 0.388. The molecule has 1 aromatic heterocycles. The zero-order valence-corrected chi connectivity index (χ0v) is 11.7. The molecule has 1 heterocycles. The fourth-order valence-electron chi connectivity index (χ4n) is 1.22. The number of rotatable bonds is 8. The predicted octanol–water partition coefficient (Wildman–Crippen LogP) is 1.95. The van der Waals surface area contributed by atoms with Crippen LogP contribution in [-0.2, 0) is 4.74 Å². The summed E-state index contributed by atoms with van der Waals surface area (Å²) in [6, 6.07) is 0.388. The molecule has 92 valence electrons. The number of aromatic nitrogens is 2. The first kappa shape index (κ1) is 13.9. The first-order valence-electron chi connectivity index (χ1n) is 5.41. The van der Waals surface area contributed by atoms with E-state index in [1.54, 1.807) is 18.9 Å². The largest absolute Gasteiger partial charge is 0.383 e. The number of methoxy groups -OCH3 is 1. The van der Waals surface area contributed by atoms with E-state index >= 15 is 0 Å². The molecule has 4 nitrogen and oxygen atoms in total. The maximum Gasteiger partial charge on any atom is 0.170 e. The minimum Gasteiger partial charge on any atom is -0.383 e. The van der Waals surface area contributed by atoms with E-state index < -0.39 is 0 Å². The maximum atomic E-state index is 5.19. The normalized spacial score (nSPS) is 12.9.